The van der Waals surface area contributed by atoms with Crippen molar-refractivity contribution in [2.75, 3.05) is 10.6 Å². The fourth-order valence-electron chi connectivity index (χ4n) is 3.16. The lowest BCUT2D eigenvalue weighted by Crippen LogP contribution is -2.14. The second-order valence-electron chi connectivity index (χ2n) is 6.60. The molecule has 0 aliphatic carbocycles. The highest BCUT2D eigenvalue weighted by Gasteiger charge is 2.09. The summed E-state index contributed by atoms with van der Waals surface area (Å²) >= 11 is 0. The number of aromatic amines is 1. The molecule has 4 rings (SSSR count). The van der Waals surface area contributed by atoms with Crippen LogP contribution in [0.25, 0.3) is 10.9 Å². The van der Waals surface area contributed by atoms with Crippen LogP contribution in [0, 0.1) is 6.92 Å². The van der Waals surface area contributed by atoms with Crippen LogP contribution < -0.4 is 10.6 Å². The highest BCUT2D eigenvalue weighted by molar-refractivity contribution is 5.95. The van der Waals surface area contributed by atoms with Gasteiger partial charge in [0, 0.05) is 34.2 Å². The van der Waals surface area contributed by atoms with Gasteiger partial charge in [0.15, 0.2) is 0 Å². The Morgan fingerprint density at radius 2 is 1.59 bits per heavy atom. The predicted octanol–water partition coefficient (Wildman–Crippen LogP) is 5.40. The van der Waals surface area contributed by atoms with Crippen LogP contribution in [-0.4, -0.2) is 10.9 Å². The first-order valence-electron chi connectivity index (χ1n) is 8.96. The average Bonchev–Trinajstić information content (AvgIpc) is 3.08. The van der Waals surface area contributed by atoms with Crippen LogP contribution in [0.3, 0.4) is 0 Å². The number of aromatic nitrogens is 1. The average molecular weight is 355 g/mol. The molecule has 1 amide bonds. The summed E-state index contributed by atoms with van der Waals surface area (Å²) in [4.78, 5) is 15.6. The number of carbonyl (C=O) groups is 1. The van der Waals surface area contributed by atoms with Crippen molar-refractivity contribution in [3.05, 3.63) is 90.1 Å². The molecule has 0 spiro atoms. The van der Waals surface area contributed by atoms with Gasteiger partial charge in [0.2, 0.25) is 5.91 Å². The zero-order valence-corrected chi connectivity index (χ0v) is 15.1. The number of nitrogens with one attached hydrogen (secondary N) is 3. The lowest BCUT2D eigenvalue weighted by atomic mass is 10.1. The third-order valence-corrected chi connectivity index (χ3v) is 4.62. The Morgan fingerprint density at radius 1 is 0.889 bits per heavy atom. The summed E-state index contributed by atoms with van der Waals surface area (Å²) < 4.78 is 0. The van der Waals surface area contributed by atoms with Crippen molar-refractivity contribution in [3.63, 3.8) is 0 Å². The minimum Gasteiger partial charge on any atom is -0.361 e. The Morgan fingerprint density at radius 3 is 2.41 bits per heavy atom. The first kappa shape index (κ1) is 16.9. The van der Waals surface area contributed by atoms with Crippen molar-refractivity contribution in [3.8, 4) is 0 Å². The Labute approximate surface area is 158 Å². The van der Waals surface area contributed by atoms with Crippen LogP contribution in [0.15, 0.2) is 79.0 Å². The van der Waals surface area contributed by atoms with E-state index in [-0.39, 0.29) is 5.91 Å². The topological polar surface area (TPSA) is 56.9 Å². The van der Waals surface area contributed by atoms with Crippen molar-refractivity contribution in [2.24, 2.45) is 0 Å². The highest BCUT2D eigenvalue weighted by atomic mass is 16.1. The molecule has 4 nitrogen and oxygen atoms in total. The number of hydrogen-bond acceptors (Lipinski definition) is 2. The van der Waals surface area contributed by atoms with Crippen LogP contribution >= 0.6 is 0 Å². The van der Waals surface area contributed by atoms with Crippen molar-refractivity contribution >= 4 is 33.9 Å². The molecular weight excluding hydrogens is 334 g/mol. The van der Waals surface area contributed by atoms with E-state index in [0.717, 1.165) is 33.5 Å². The van der Waals surface area contributed by atoms with Gasteiger partial charge in [0.1, 0.15) is 0 Å². The summed E-state index contributed by atoms with van der Waals surface area (Å²) in [5.74, 6) is -0.0284. The second-order valence-corrected chi connectivity index (χ2v) is 6.60. The van der Waals surface area contributed by atoms with E-state index in [2.05, 4.69) is 28.6 Å². The molecular formula is C23H21N3O. The number of anilines is 3. The molecule has 0 saturated carbocycles. The normalized spacial score (nSPS) is 10.7. The van der Waals surface area contributed by atoms with Crippen LogP contribution in [0.2, 0.25) is 0 Å². The van der Waals surface area contributed by atoms with Gasteiger partial charge in [-0.15, -0.1) is 0 Å². The molecule has 27 heavy (non-hydrogen) atoms. The molecule has 0 radical (unpaired) electrons. The molecule has 0 aliphatic heterocycles. The smallest absolute Gasteiger partial charge is 0.228 e. The minimum absolute atomic E-state index is 0.0284. The van der Waals surface area contributed by atoms with Crippen LogP contribution in [-0.2, 0) is 11.2 Å². The van der Waals surface area contributed by atoms with E-state index in [1.807, 2.05) is 72.9 Å². The lowest BCUT2D eigenvalue weighted by Gasteiger charge is -2.10. The van der Waals surface area contributed by atoms with Gasteiger partial charge in [0.05, 0.1) is 6.42 Å². The molecule has 134 valence electrons. The summed E-state index contributed by atoms with van der Waals surface area (Å²) in [5.41, 5.74) is 6.09. The number of H-pyrrole nitrogens is 1. The molecule has 1 aromatic heterocycles. The van der Waals surface area contributed by atoms with E-state index < -0.39 is 0 Å². The monoisotopic (exact) mass is 355 g/mol. The minimum atomic E-state index is -0.0284. The SMILES string of the molecule is Cc1ccccc1Nc1ccc(NC(=O)Cc2c[nH]c3ccccc23)cc1. The van der Waals surface area contributed by atoms with Gasteiger partial charge >= 0.3 is 0 Å². The van der Waals surface area contributed by atoms with Gasteiger partial charge in [-0.25, -0.2) is 0 Å². The number of hydrogen-bond donors (Lipinski definition) is 3. The summed E-state index contributed by atoms with van der Waals surface area (Å²) in [6.07, 6.45) is 2.24. The Hall–Kier alpha value is -3.53. The number of para-hydroxylation sites is 2. The number of aryl methyl sites for hydroxylation is 1. The lowest BCUT2D eigenvalue weighted by molar-refractivity contribution is -0.115. The maximum Gasteiger partial charge on any atom is 0.228 e. The molecule has 0 fully saturated rings. The number of benzene rings is 3. The third kappa shape index (κ3) is 3.85. The third-order valence-electron chi connectivity index (χ3n) is 4.62. The van der Waals surface area contributed by atoms with Gasteiger partial charge in [-0.1, -0.05) is 36.4 Å². The fraction of sp³-hybridized carbons (Fsp3) is 0.0870. The molecule has 0 saturated heterocycles. The van der Waals surface area contributed by atoms with Gasteiger partial charge < -0.3 is 15.6 Å². The number of fused-ring (bicyclic) bond motifs is 1. The molecule has 0 bridgehead atoms. The van der Waals surface area contributed by atoms with Crippen molar-refractivity contribution in [1.82, 2.24) is 4.98 Å². The molecule has 4 aromatic rings. The number of amides is 1. The van der Waals surface area contributed by atoms with E-state index >= 15 is 0 Å². The van der Waals surface area contributed by atoms with E-state index in [9.17, 15) is 4.79 Å². The summed E-state index contributed by atoms with van der Waals surface area (Å²) in [6.45, 7) is 2.07. The molecule has 0 atom stereocenters. The first-order valence-corrected chi connectivity index (χ1v) is 8.96. The highest BCUT2D eigenvalue weighted by Crippen LogP contribution is 2.22. The first-order chi connectivity index (χ1) is 13.2. The fourth-order valence-corrected chi connectivity index (χ4v) is 3.16. The largest absolute Gasteiger partial charge is 0.361 e. The van der Waals surface area contributed by atoms with Crippen LogP contribution in [0.1, 0.15) is 11.1 Å². The van der Waals surface area contributed by atoms with Gasteiger partial charge in [-0.2, -0.15) is 0 Å². The molecule has 0 aliphatic rings. The van der Waals surface area contributed by atoms with E-state index in [1.165, 1.54) is 5.56 Å². The quantitative estimate of drug-likeness (QED) is 0.449. The van der Waals surface area contributed by atoms with E-state index in [1.54, 1.807) is 0 Å². The summed E-state index contributed by atoms with van der Waals surface area (Å²) in [6, 6.07) is 23.9. The summed E-state index contributed by atoms with van der Waals surface area (Å²) in [5, 5.41) is 7.45. The van der Waals surface area contributed by atoms with Crippen molar-refractivity contribution in [2.45, 2.75) is 13.3 Å². The van der Waals surface area contributed by atoms with Crippen molar-refractivity contribution in [1.29, 1.82) is 0 Å². The number of rotatable bonds is 5. The molecule has 1 heterocycles. The van der Waals surface area contributed by atoms with Crippen molar-refractivity contribution < 1.29 is 4.79 Å². The van der Waals surface area contributed by atoms with Crippen LogP contribution in [0.4, 0.5) is 17.1 Å². The maximum atomic E-state index is 12.4. The van der Waals surface area contributed by atoms with E-state index in [0.29, 0.717) is 6.42 Å². The Balaban J connectivity index is 1.41. The molecule has 0 unspecified atom stereocenters. The predicted molar refractivity (Wildman–Crippen MR) is 112 cm³/mol. The number of carbonyl (C=O) groups excluding carboxylic acids is 1. The zero-order chi connectivity index (χ0) is 18.6. The standard InChI is InChI=1S/C23H21N3O/c1-16-6-2-4-8-21(16)25-18-10-12-19(13-11-18)26-23(27)14-17-15-24-22-9-5-3-7-20(17)22/h2-13,15,24-25H,14H2,1H3,(H,26,27). The second kappa shape index (κ2) is 7.38. The van der Waals surface area contributed by atoms with Gasteiger partial charge in [0.25, 0.3) is 0 Å². The molecule has 4 heteroatoms. The zero-order valence-electron chi connectivity index (χ0n) is 15.1. The van der Waals surface area contributed by atoms with Gasteiger partial charge in [-0.05, 0) is 54.4 Å². The molecule has 3 aromatic carbocycles. The Bertz CT molecular complexity index is 1080. The molecule has 3 N–H and O–H groups in total. The van der Waals surface area contributed by atoms with Crippen LogP contribution in [0.5, 0.6) is 0 Å². The van der Waals surface area contributed by atoms with E-state index in [4.69, 9.17) is 0 Å². The Kier molecular flexibility index (Phi) is 4.62. The summed E-state index contributed by atoms with van der Waals surface area (Å²) in [7, 11) is 0. The van der Waals surface area contributed by atoms with Gasteiger partial charge in [-0.3, -0.25) is 4.79 Å². The maximum absolute atomic E-state index is 12.4.